The molecule has 1 aromatic rings. The molecule has 0 unspecified atom stereocenters. The molecular formula is C14H18BrN3O3S. The summed E-state index contributed by atoms with van der Waals surface area (Å²) in [6.07, 6.45) is 1.27. The molecule has 3 rings (SSSR count). The minimum atomic E-state index is -0.988. The van der Waals surface area contributed by atoms with Crippen molar-refractivity contribution in [1.82, 2.24) is 14.8 Å². The van der Waals surface area contributed by atoms with Gasteiger partial charge in [-0.1, -0.05) is 0 Å². The quantitative estimate of drug-likeness (QED) is 0.851. The van der Waals surface area contributed by atoms with Gasteiger partial charge in [-0.05, 0) is 41.6 Å². The van der Waals surface area contributed by atoms with Crippen LogP contribution in [0.5, 0.6) is 0 Å². The maximum Gasteiger partial charge on any atom is 0.273 e. The van der Waals surface area contributed by atoms with E-state index in [1.165, 1.54) is 6.92 Å². The molecule has 0 aromatic carbocycles. The molecule has 0 bridgehead atoms. The predicted octanol–water partition coefficient (Wildman–Crippen LogP) is 1.45. The minimum Gasteiger partial charge on any atom is -0.384 e. The molecule has 1 saturated heterocycles. The van der Waals surface area contributed by atoms with Crippen LogP contribution in [-0.2, 0) is 4.79 Å². The average Bonchev–Trinajstić information content (AvgIpc) is 3.28. The number of rotatable bonds is 3. The third-order valence-corrected chi connectivity index (χ3v) is 5.68. The SMILES string of the molecule is C[C@@H](O)C(=O)N1CCN(C(=O)c2nc(Br)sc2C2CC2)CC1. The number of halogens is 1. The second kappa shape index (κ2) is 6.25. The van der Waals surface area contributed by atoms with Crippen molar-refractivity contribution in [2.75, 3.05) is 26.2 Å². The van der Waals surface area contributed by atoms with Gasteiger partial charge in [-0.2, -0.15) is 0 Å². The number of aliphatic hydroxyl groups is 1. The fourth-order valence-electron chi connectivity index (χ4n) is 2.62. The van der Waals surface area contributed by atoms with E-state index < -0.39 is 6.10 Å². The van der Waals surface area contributed by atoms with Gasteiger partial charge in [-0.3, -0.25) is 9.59 Å². The first-order chi connectivity index (χ1) is 10.5. The summed E-state index contributed by atoms with van der Waals surface area (Å²) in [4.78, 5) is 33.2. The zero-order valence-electron chi connectivity index (χ0n) is 12.3. The molecule has 1 aromatic heterocycles. The van der Waals surface area contributed by atoms with Crippen molar-refractivity contribution in [3.05, 3.63) is 14.5 Å². The van der Waals surface area contributed by atoms with E-state index in [0.717, 1.165) is 21.6 Å². The lowest BCUT2D eigenvalue weighted by molar-refractivity contribution is -0.140. The summed E-state index contributed by atoms with van der Waals surface area (Å²) in [7, 11) is 0. The van der Waals surface area contributed by atoms with E-state index in [2.05, 4.69) is 20.9 Å². The monoisotopic (exact) mass is 387 g/mol. The number of amides is 2. The molecule has 1 aliphatic carbocycles. The van der Waals surface area contributed by atoms with Crippen LogP contribution < -0.4 is 0 Å². The molecule has 1 atom stereocenters. The van der Waals surface area contributed by atoms with Gasteiger partial charge >= 0.3 is 0 Å². The van der Waals surface area contributed by atoms with Gasteiger partial charge in [-0.25, -0.2) is 4.98 Å². The minimum absolute atomic E-state index is 0.0482. The molecule has 2 fully saturated rings. The second-order valence-corrected chi connectivity index (χ2v) is 8.05. The first-order valence-corrected chi connectivity index (χ1v) is 9.00. The molecule has 0 radical (unpaired) electrons. The number of piperazine rings is 1. The number of hydrogen-bond donors (Lipinski definition) is 1. The van der Waals surface area contributed by atoms with Gasteiger partial charge in [0.15, 0.2) is 3.92 Å². The Bertz CT molecular complexity index is 592. The molecule has 6 nitrogen and oxygen atoms in total. The van der Waals surface area contributed by atoms with E-state index >= 15 is 0 Å². The van der Waals surface area contributed by atoms with Gasteiger partial charge in [-0.15, -0.1) is 11.3 Å². The topological polar surface area (TPSA) is 73.7 Å². The van der Waals surface area contributed by atoms with Crippen molar-refractivity contribution in [2.45, 2.75) is 31.8 Å². The van der Waals surface area contributed by atoms with Gasteiger partial charge in [0.25, 0.3) is 11.8 Å². The van der Waals surface area contributed by atoms with E-state index in [9.17, 15) is 14.7 Å². The Balaban J connectivity index is 1.66. The molecule has 2 aliphatic rings. The highest BCUT2D eigenvalue weighted by molar-refractivity contribution is 9.11. The van der Waals surface area contributed by atoms with E-state index in [4.69, 9.17) is 0 Å². The first kappa shape index (κ1) is 15.9. The molecule has 22 heavy (non-hydrogen) atoms. The number of thiazole rings is 1. The highest BCUT2D eigenvalue weighted by Crippen LogP contribution is 2.45. The molecule has 0 spiro atoms. The van der Waals surface area contributed by atoms with Crippen molar-refractivity contribution in [3.8, 4) is 0 Å². The number of nitrogens with zero attached hydrogens (tertiary/aromatic N) is 3. The molecule has 2 heterocycles. The lowest BCUT2D eigenvalue weighted by atomic mass is 10.2. The zero-order chi connectivity index (χ0) is 15.9. The fraction of sp³-hybridized carbons (Fsp3) is 0.643. The number of aliphatic hydroxyl groups excluding tert-OH is 1. The maximum absolute atomic E-state index is 12.7. The van der Waals surface area contributed by atoms with Crippen molar-refractivity contribution in [1.29, 1.82) is 0 Å². The maximum atomic E-state index is 12.7. The van der Waals surface area contributed by atoms with Crippen molar-refractivity contribution >= 4 is 39.1 Å². The number of carbonyl (C=O) groups excluding carboxylic acids is 2. The average molecular weight is 388 g/mol. The van der Waals surface area contributed by atoms with Crippen LogP contribution in [-0.4, -0.2) is 64.0 Å². The van der Waals surface area contributed by atoms with Crippen LogP contribution >= 0.6 is 27.3 Å². The normalized spacial score (nSPS) is 20.1. The van der Waals surface area contributed by atoms with Crippen LogP contribution in [0.4, 0.5) is 0 Å². The number of carbonyl (C=O) groups is 2. The van der Waals surface area contributed by atoms with Crippen LogP contribution in [0.2, 0.25) is 0 Å². The molecular weight excluding hydrogens is 370 g/mol. The summed E-state index contributed by atoms with van der Waals surface area (Å²) in [5.74, 6) is 0.163. The summed E-state index contributed by atoms with van der Waals surface area (Å²) >= 11 is 4.92. The fourth-order valence-corrected chi connectivity index (χ4v) is 4.28. The highest BCUT2D eigenvalue weighted by atomic mass is 79.9. The van der Waals surface area contributed by atoms with Gasteiger partial charge in [0.05, 0.1) is 0 Å². The van der Waals surface area contributed by atoms with Gasteiger partial charge in [0.1, 0.15) is 11.8 Å². The number of hydrogen-bond acceptors (Lipinski definition) is 5. The number of aromatic nitrogens is 1. The molecule has 120 valence electrons. The Morgan fingerprint density at radius 3 is 2.41 bits per heavy atom. The van der Waals surface area contributed by atoms with E-state index in [0.29, 0.717) is 37.8 Å². The molecule has 1 aliphatic heterocycles. The highest BCUT2D eigenvalue weighted by Gasteiger charge is 2.34. The van der Waals surface area contributed by atoms with E-state index in [1.54, 1.807) is 21.1 Å². The molecule has 2 amide bonds. The van der Waals surface area contributed by atoms with Crippen LogP contribution in [0.15, 0.2) is 3.92 Å². The van der Waals surface area contributed by atoms with Crippen molar-refractivity contribution < 1.29 is 14.7 Å². The Labute approximate surface area is 141 Å². The van der Waals surface area contributed by atoms with E-state index in [1.807, 2.05) is 0 Å². The summed E-state index contributed by atoms with van der Waals surface area (Å²) in [6, 6.07) is 0. The van der Waals surface area contributed by atoms with Gasteiger partial charge < -0.3 is 14.9 Å². The van der Waals surface area contributed by atoms with Gasteiger partial charge in [0, 0.05) is 31.1 Å². The summed E-state index contributed by atoms with van der Waals surface area (Å²) in [5.41, 5.74) is 0.565. The first-order valence-electron chi connectivity index (χ1n) is 7.39. The summed E-state index contributed by atoms with van der Waals surface area (Å²) < 4.78 is 0.751. The van der Waals surface area contributed by atoms with Crippen LogP contribution in [0, 0.1) is 0 Å². The Morgan fingerprint density at radius 2 is 1.86 bits per heavy atom. The largest absolute Gasteiger partial charge is 0.384 e. The van der Waals surface area contributed by atoms with Crippen molar-refractivity contribution in [2.24, 2.45) is 0 Å². The second-order valence-electron chi connectivity index (χ2n) is 5.75. The predicted molar refractivity (Wildman–Crippen MR) is 86.0 cm³/mol. The Kier molecular flexibility index (Phi) is 4.52. The zero-order valence-corrected chi connectivity index (χ0v) is 14.7. The third-order valence-electron chi connectivity index (χ3n) is 4.01. The Morgan fingerprint density at radius 1 is 1.27 bits per heavy atom. The third kappa shape index (κ3) is 3.18. The van der Waals surface area contributed by atoms with Crippen LogP contribution in [0.3, 0.4) is 0 Å². The Hall–Kier alpha value is -0.990. The molecule has 1 N–H and O–H groups in total. The van der Waals surface area contributed by atoms with Crippen LogP contribution in [0.1, 0.15) is 41.0 Å². The summed E-state index contributed by atoms with van der Waals surface area (Å²) in [5, 5.41) is 9.35. The lowest BCUT2D eigenvalue weighted by Gasteiger charge is -2.35. The standard InChI is InChI=1S/C14H18BrN3O3S/c1-8(19)12(20)17-4-6-18(7-5-17)13(21)10-11(9-2-3-9)22-14(15)16-10/h8-9,19H,2-7H2,1H3/t8-/m1/s1. The van der Waals surface area contributed by atoms with Crippen LogP contribution in [0.25, 0.3) is 0 Å². The summed E-state index contributed by atoms with van der Waals surface area (Å²) in [6.45, 7) is 3.35. The molecule has 8 heteroatoms. The van der Waals surface area contributed by atoms with Gasteiger partial charge in [0.2, 0.25) is 0 Å². The molecule has 1 saturated carbocycles. The lowest BCUT2D eigenvalue weighted by Crippen LogP contribution is -2.52. The van der Waals surface area contributed by atoms with E-state index in [-0.39, 0.29) is 11.8 Å². The smallest absolute Gasteiger partial charge is 0.273 e. The van der Waals surface area contributed by atoms with Crippen molar-refractivity contribution in [3.63, 3.8) is 0 Å².